The minimum Gasteiger partial charge on any atom is -0.506 e. The molecule has 1 aliphatic rings. The molecule has 1 fully saturated rings. The molecule has 18 heavy (non-hydrogen) atoms. The van der Waals surface area contributed by atoms with Gasteiger partial charge in [-0.15, -0.1) is 12.4 Å². The van der Waals surface area contributed by atoms with Crippen molar-refractivity contribution in [1.82, 2.24) is 5.32 Å². The first-order valence-corrected chi connectivity index (χ1v) is 5.62. The molecular weight excluding hydrogens is 256 g/mol. The van der Waals surface area contributed by atoms with Crippen LogP contribution in [0.5, 0.6) is 5.75 Å². The summed E-state index contributed by atoms with van der Waals surface area (Å²) >= 11 is 0. The Morgan fingerprint density at radius 2 is 2.22 bits per heavy atom. The number of hydrogen-bond donors (Lipinski definition) is 3. The van der Waals surface area contributed by atoms with E-state index in [0.717, 1.165) is 0 Å². The Hall–Kier alpha value is -1.30. The van der Waals surface area contributed by atoms with Crippen LogP contribution in [0.2, 0.25) is 0 Å². The van der Waals surface area contributed by atoms with Gasteiger partial charge >= 0.3 is 0 Å². The van der Waals surface area contributed by atoms with E-state index in [1.54, 1.807) is 18.2 Å². The number of rotatable bonds is 2. The van der Waals surface area contributed by atoms with Crippen molar-refractivity contribution in [3.8, 4) is 5.75 Å². The van der Waals surface area contributed by atoms with Crippen LogP contribution in [-0.2, 0) is 9.53 Å². The standard InChI is InChI=1S/C12H16N2O3.ClH/c1-8-11(13-6-7-17-8)12(16)14-9-4-2-3-5-10(9)15;/h2-5,8,11,13,15H,6-7H2,1H3,(H,14,16);1H/t8-,11+;/m1./s1. The second-order valence-corrected chi connectivity index (χ2v) is 4.01. The van der Waals surface area contributed by atoms with E-state index in [9.17, 15) is 9.90 Å². The predicted octanol–water partition coefficient (Wildman–Crippen LogP) is 1.13. The number of anilines is 1. The van der Waals surface area contributed by atoms with Gasteiger partial charge in [0.05, 0.1) is 18.4 Å². The number of phenols is 1. The number of phenolic OH excluding ortho intramolecular Hbond substituents is 1. The van der Waals surface area contributed by atoms with Crippen molar-refractivity contribution in [2.75, 3.05) is 18.5 Å². The van der Waals surface area contributed by atoms with E-state index in [-0.39, 0.29) is 36.2 Å². The van der Waals surface area contributed by atoms with E-state index in [1.807, 2.05) is 6.92 Å². The van der Waals surface area contributed by atoms with Crippen LogP contribution in [0, 0.1) is 0 Å². The molecule has 6 heteroatoms. The smallest absolute Gasteiger partial charge is 0.244 e. The van der Waals surface area contributed by atoms with Crippen molar-refractivity contribution in [1.29, 1.82) is 0 Å². The van der Waals surface area contributed by atoms with Crippen molar-refractivity contribution >= 4 is 24.0 Å². The summed E-state index contributed by atoms with van der Waals surface area (Å²) in [6, 6.07) is 6.26. The maximum atomic E-state index is 12.0. The Labute approximate surface area is 112 Å². The van der Waals surface area contributed by atoms with E-state index in [2.05, 4.69) is 10.6 Å². The first-order chi connectivity index (χ1) is 8.18. The molecule has 1 aromatic rings. The van der Waals surface area contributed by atoms with Gasteiger partial charge in [0.2, 0.25) is 5.91 Å². The fourth-order valence-corrected chi connectivity index (χ4v) is 1.82. The van der Waals surface area contributed by atoms with Crippen LogP contribution in [0.4, 0.5) is 5.69 Å². The summed E-state index contributed by atoms with van der Waals surface area (Å²) in [4.78, 5) is 12.0. The molecule has 0 spiro atoms. The van der Waals surface area contributed by atoms with Gasteiger partial charge < -0.3 is 20.5 Å². The van der Waals surface area contributed by atoms with E-state index in [1.165, 1.54) is 6.07 Å². The Balaban J connectivity index is 0.00000162. The first-order valence-electron chi connectivity index (χ1n) is 5.62. The number of aromatic hydroxyl groups is 1. The van der Waals surface area contributed by atoms with Crippen molar-refractivity contribution in [2.24, 2.45) is 0 Å². The van der Waals surface area contributed by atoms with Crippen LogP contribution in [0.15, 0.2) is 24.3 Å². The van der Waals surface area contributed by atoms with Gasteiger partial charge in [0.15, 0.2) is 0 Å². The van der Waals surface area contributed by atoms with Crippen LogP contribution in [0.1, 0.15) is 6.92 Å². The summed E-state index contributed by atoms with van der Waals surface area (Å²) in [5.41, 5.74) is 0.414. The molecule has 5 nitrogen and oxygen atoms in total. The minimum absolute atomic E-state index is 0. The molecule has 1 aromatic carbocycles. The Morgan fingerprint density at radius 1 is 1.50 bits per heavy atom. The highest BCUT2D eigenvalue weighted by Crippen LogP contribution is 2.22. The Bertz CT molecular complexity index is 414. The first kappa shape index (κ1) is 14.8. The highest BCUT2D eigenvalue weighted by atomic mass is 35.5. The van der Waals surface area contributed by atoms with Gasteiger partial charge in [0.25, 0.3) is 0 Å². The third kappa shape index (κ3) is 3.35. The summed E-state index contributed by atoms with van der Waals surface area (Å²) < 4.78 is 5.39. The lowest BCUT2D eigenvalue weighted by molar-refractivity contribution is -0.123. The van der Waals surface area contributed by atoms with E-state index in [4.69, 9.17) is 4.74 Å². The number of nitrogens with one attached hydrogen (secondary N) is 2. The average molecular weight is 273 g/mol. The molecule has 3 N–H and O–H groups in total. The number of morpholine rings is 1. The fourth-order valence-electron chi connectivity index (χ4n) is 1.82. The minimum atomic E-state index is -0.386. The SMILES string of the molecule is C[C@H]1OCCN[C@@H]1C(=O)Nc1ccccc1O.Cl. The van der Waals surface area contributed by atoms with Crippen molar-refractivity contribution in [3.05, 3.63) is 24.3 Å². The molecule has 0 unspecified atom stereocenters. The number of hydrogen-bond acceptors (Lipinski definition) is 4. The second-order valence-electron chi connectivity index (χ2n) is 4.01. The molecule has 2 rings (SSSR count). The van der Waals surface area contributed by atoms with Gasteiger partial charge in [0, 0.05) is 6.54 Å². The van der Waals surface area contributed by atoms with Crippen LogP contribution in [0.25, 0.3) is 0 Å². The van der Waals surface area contributed by atoms with E-state index >= 15 is 0 Å². The molecule has 0 aliphatic carbocycles. The van der Waals surface area contributed by atoms with Gasteiger partial charge in [0.1, 0.15) is 11.8 Å². The molecule has 100 valence electrons. The maximum Gasteiger partial charge on any atom is 0.244 e. The molecule has 1 saturated heterocycles. The zero-order valence-corrected chi connectivity index (χ0v) is 10.9. The van der Waals surface area contributed by atoms with Crippen LogP contribution < -0.4 is 10.6 Å². The molecule has 0 aromatic heterocycles. The van der Waals surface area contributed by atoms with Gasteiger partial charge in [-0.3, -0.25) is 4.79 Å². The number of halogens is 1. The molecule has 0 bridgehead atoms. The number of para-hydroxylation sites is 2. The third-order valence-electron chi connectivity index (χ3n) is 2.76. The monoisotopic (exact) mass is 272 g/mol. The summed E-state index contributed by atoms with van der Waals surface area (Å²) in [5.74, 6) is -0.135. The van der Waals surface area contributed by atoms with Crippen LogP contribution in [-0.4, -0.2) is 36.3 Å². The largest absolute Gasteiger partial charge is 0.506 e. The van der Waals surface area contributed by atoms with Crippen molar-refractivity contribution < 1.29 is 14.6 Å². The predicted molar refractivity (Wildman–Crippen MR) is 71.2 cm³/mol. The number of carbonyl (C=O) groups is 1. The average Bonchev–Trinajstić information content (AvgIpc) is 2.32. The summed E-state index contributed by atoms with van der Waals surface area (Å²) in [7, 11) is 0. The molecule has 1 aliphatic heterocycles. The Kier molecular flexibility index (Phi) is 5.40. The molecule has 0 saturated carbocycles. The zero-order valence-electron chi connectivity index (χ0n) is 10.1. The second kappa shape index (κ2) is 6.58. The van der Waals surface area contributed by atoms with Gasteiger partial charge in [-0.1, -0.05) is 12.1 Å². The van der Waals surface area contributed by atoms with E-state index < -0.39 is 0 Å². The zero-order chi connectivity index (χ0) is 12.3. The lowest BCUT2D eigenvalue weighted by atomic mass is 10.1. The molecule has 0 radical (unpaired) electrons. The number of amides is 1. The topological polar surface area (TPSA) is 70.6 Å². The van der Waals surface area contributed by atoms with Crippen molar-refractivity contribution in [2.45, 2.75) is 19.1 Å². The van der Waals surface area contributed by atoms with Crippen LogP contribution >= 0.6 is 12.4 Å². The third-order valence-corrected chi connectivity index (χ3v) is 2.76. The maximum absolute atomic E-state index is 12.0. The highest BCUT2D eigenvalue weighted by molar-refractivity contribution is 5.96. The lowest BCUT2D eigenvalue weighted by Crippen LogP contribution is -2.53. The summed E-state index contributed by atoms with van der Waals surface area (Å²) in [6.07, 6.45) is -0.172. The van der Waals surface area contributed by atoms with Crippen LogP contribution in [0.3, 0.4) is 0 Å². The van der Waals surface area contributed by atoms with Gasteiger partial charge in [-0.2, -0.15) is 0 Å². The van der Waals surface area contributed by atoms with Crippen molar-refractivity contribution in [3.63, 3.8) is 0 Å². The molecule has 2 atom stereocenters. The number of benzene rings is 1. The summed E-state index contributed by atoms with van der Waals surface area (Å²) in [5, 5.41) is 15.3. The molecule has 1 heterocycles. The number of ether oxygens (including phenoxy) is 1. The number of carbonyl (C=O) groups excluding carboxylic acids is 1. The lowest BCUT2D eigenvalue weighted by Gasteiger charge is -2.29. The molecule has 1 amide bonds. The fraction of sp³-hybridized carbons (Fsp3) is 0.417. The normalized spacial score (nSPS) is 22.9. The molecular formula is C12H17ClN2O3. The van der Waals surface area contributed by atoms with Gasteiger partial charge in [-0.25, -0.2) is 0 Å². The summed E-state index contributed by atoms with van der Waals surface area (Å²) in [6.45, 7) is 3.12. The van der Waals surface area contributed by atoms with Gasteiger partial charge in [-0.05, 0) is 19.1 Å². The highest BCUT2D eigenvalue weighted by Gasteiger charge is 2.28. The van der Waals surface area contributed by atoms with E-state index in [0.29, 0.717) is 18.8 Å². The Morgan fingerprint density at radius 3 is 2.89 bits per heavy atom. The quantitative estimate of drug-likeness (QED) is 0.706.